The van der Waals surface area contributed by atoms with Crippen LogP contribution in [-0.4, -0.2) is 73.6 Å². The van der Waals surface area contributed by atoms with Crippen LogP contribution < -0.4 is 0 Å². The van der Waals surface area contributed by atoms with Gasteiger partial charge < -0.3 is 25.2 Å². The van der Waals surface area contributed by atoms with Gasteiger partial charge in [-0.1, -0.05) is 90.9 Å². The van der Waals surface area contributed by atoms with Gasteiger partial charge >= 0.3 is 5.85 Å². The second kappa shape index (κ2) is 9.45. The highest BCUT2D eigenvalue weighted by molar-refractivity contribution is 6.17. The number of hydrogen-bond acceptors (Lipinski definition) is 8. The zero-order chi connectivity index (χ0) is 28.8. The van der Waals surface area contributed by atoms with E-state index in [0.717, 1.165) is 36.4 Å². The van der Waals surface area contributed by atoms with Gasteiger partial charge in [-0.2, -0.15) is 4.39 Å². The Kier molecular flexibility index (Phi) is 5.69. The number of ether oxygens (including phenoxy) is 1. The number of halogens is 1. The van der Waals surface area contributed by atoms with Crippen LogP contribution >= 0.6 is 0 Å². The molecule has 0 radical (unpaired) electrons. The van der Waals surface area contributed by atoms with Gasteiger partial charge in [-0.15, -0.1) is 0 Å². The molecular weight excluding hydrogens is 471 g/mol. The average molecular weight is 497 g/mol. The number of carbonyl (C=O) groups excluding carboxylic acids is 3. The van der Waals surface area contributed by atoms with Gasteiger partial charge in [0.1, 0.15) is 12.2 Å². The molecule has 9 heteroatoms. The molecule has 0 bridgehead atoms. The lowest BCUT2D eigenvalue weighted by Gasteiger charge is -2.55. The molecule has 1 fully saturated rings. The van der Waals surface area contributed by atoms with Crippen molar-refractivity contribution in [3.8, 4) is 0 Å². The molecule has 1 heterocycles. The highest BCUT2D eigenvalue weighted by Crippen LogP contribution is 2.50. The Morgan fingerprint density at radius 2 is 1.25 bits per heavy atom. The summed E-state index contributed by atoms with van der Waals surface area (Å²) in [4.78, 5) is 41.4. The summed E-state index contributed by atoms with van der Waals surface area (Å²) in [6, 6.07) is 12.2. The summed E-state index contributed by atoms with van der Waals surface area (Å²) in [6.45, 7) is -1.29. The molecule has 1 aliphatic rings. The fraction of sp³-hybridized carbons (Fsp3) is 0.222. The number of rotatable bonds is 7. The zero-order valence-electron chi connectivity index (χ0n) is 21.6. The molecule has 1 unspecified atom stereocenters. The van der Waals surface area contributed by atoms with Gasteiger partial charge in [0.2, 0.25) is 23.0 Å². The lowest BCUT2D eigenvalue weighted by Crippen LogP contribution is -2.84. The summed E-state index contributed by atoms with van der Waals surface area (Å²) in [5.74, 6) is -9.87. The number of benzene rings is 3. The fourth-order valence-electron chi connectivity index (χ4n) is 4.24. The summed E-state index contributed by atoms with van der Waals surface area (Å²) in [7, 11) is 0. The van der Waals surface area contributed by atoms with E-state index in [2.05, 4.69) is 0 Å². The Morgan fingerprint density at radius 1 is 0.806 bits per heavy atom. The second-order valence-electron chi connectivity index (χ2n) is 8.17. The van der Waals surface area contributed by atoms with Crippen LogP contribution in [0.15, 0.2) is 90.9 Å². The number of hydrogen-bond donors (Lipinski definition) is 4. The van der Waals surface area contributed by atoms with Crippen molar-refractivity contribution < 1.29 is 48.0 Å². The first-order chi connectivity index (χ1) is 18.4. The van der Waals surface area contributed by atoms with Crippen LogP contribution in [0.5, 0.6) is 0 Å². The standard InChI is InChI=1S/C27H23FO8/c28-27(23(32)19-14-8-3-9-15-19)26(35,22(31)18-12-6-2-7-13-18)25(34,24(33)20(16-29)36-27)21(30)17-10-4-1-5-11-17/h1-15,20,24,29,33-35H,16H2/t20-,24-,25+,26-,27?/m1/s1/i10D,12D,14D. The van der Waals surface area contributed by atoms with Crippen LogP contribution in [0, 0.1) is 0 Å². The Morgan fingerprint density at radius 3 is 1.69 bits per heavy atom. The highest BCUT2D eigenvalue weighted by Gasteiger charge is 2.81. The summed E-state index contributed by atoms with van der Waals surface area (Å²) in [5, 5.41) is 44.8. The monoisotopic (exact) mass is 497 g/mol. The number of Topliss-reactive ketones (excluding diaryl/α,β-unsaturated/α-hetero) is 3. The number of aliphatic hydroxyl groups excluding tert-OH is 2. The normalized spacial score (nSPS) is 31.1. The zero-order valence-corrected chi connectivity index (χ0v) is 18.6. The van der Waals surface area contributed by atoms with Crippen molar-refractivity contribution >= 4 is 17.3 Å². The Labute approximate surface area is 209 Å². The van der Waals surface area contributed by atoms with E-state index >= 15 is 4.39 Å². The van der Waals surface area contributed by atoms with Crippen molar-refractivity contribution in [1.29, 1.82) is 0 Å². The minimum Gasteiger partial charge on any atom is -0.394 e. The topological polar surface area (TPSA) is 141 Å². The summed E-state index contributed by atoms with van der Waals surface area (Å²) in [5.41, 5.74) is -10.4. The Balaban J connectivity index is 2.09. The van der Waals surface area contributed by atoms with E-state index in [9.17, 15) is 34.8 Å². The SMILES string of the molecule is [2H]c1ccccc1C(=O)C1(F)O[C@H](CO)[C@@H](O)[C@@](O)(C(=O)c2ccccc2[2H])[C@]1(O)C(=O)c1ccccc1[2H]. The van der Waals surface area contributed by atoms with E-state index in [1.807, 2.05) is 0 Å². The molecule has 0 saturated carbocycles. The Bertz CT molecular complexity index is 1470. The maximum absolute atomic E-state index is 17.3. The quantitative estimate of drug-likeness (QED) is 0.360. The predicted molar refractivity (Wildman–Crippen MR) is 124 cm³/mol. The van der Waals surface area contributed by atoms with Gasteiger partial charge in [-0.05, 0) is 0 Å². The maximum atomic E-state index is 17.3. The van der Waals surface area contributed by atoms with Crippen LogP contribution in [0.2, 0.25) is 0 Å². The molecule has 3 aromatic carbocycles. The number of alkyl halides is 1. The van der Waals surface area contributed by atoms with Crippen LogP contribution in [0.25, 0.3) is 0 Å². The minimum atomic E-state index is -4.39. The van der Waals surface area contributed by atoms with Crippen molar-refractivity contribution in [2.24, 2.45) is 0 Å². The molecule has 36 heavy (non-hydrogen) atoms. The van der Waals surface area contributed by atoms with Crippen molar-refractivity contribution in [2.45, 2.75) is 29.3 Å². The molecule has 0 aromatic heterocycles. The Hall–Kier alpha value is -3.60. The first kappa shape index (κ1) is 21.7. The van der Waals surface area contributed by atoms with Gasteiger partial charge in [0.05, 0.1) is 10.7 Å². The number of aliphatic hydroxyl groups is 4. The lowest BCUT2D eigenvalue weighted by molar-refractivity contribution is -0.339. The van der Waals surface area contributed by atoms with E-state index in [1.165, 1.54) is 36.4 Å². The van der Waals surface area contributed by atoms with Gasteiger partial charge in [0.25, 0.3) is 0 Å². The van der Waals surface area contributed by atoms with Crippen molar-refractivity contribution in [3.63, 3.8) is 0 Å². The summed E-state index contributed by atoms with van der Waals surface area (Å²) < 4.78 is 46.5. The molecule has 0 amide bonds. The van der Waals surface area contributed by atoms with E-state index < -0.39 is 88.0 Å². The predicted octanol–water partition coefficient (Wildman–Crippen LogP) is 1.52. The third-order valence-electron chi connectivity index (χ3n) is 6.12. The second-order valence-corrected chi connectivity index (χ2v) is 8.17. The molecule has 4 rings (SSSR count). The van der Waals surface area contributed by atoms with Gasteiger partial charge in [-0.3, -0.25) is 14.4 Å². The highest BCUT2D eigenvalue weighted by atomic mass is 19.2. The maximum Gasteiger partial charge on any atom is 0.313 e. The molecule has 0 aliphatic carbocycles. The van der Waals surface area contributed by atoms with Gasteiger partial charge in [0, 0.05) is 16.7 Å². The first-order valence-electron chi connectivity index (χ1n) is 12.3. The third-order valence-corrected chi connectivity index (χ3v) is 6.12. The van der Waals surface area contributed by atoms with Crippen LogP contribution in [0.3, 0.4) is 0 Å². The number of ketones is 3. The van der Waals surface area contributed by atoms with E-state index in [4.69, 9.17) is 8.85 Å². The third kappa shape index (κ3) is 3.60. The lowest BCUT2D eigenvalue weighted by atomic mass is 9.62. The van der Waals surface area contributed by atoms with Crippen molar-refractivity contribution in [3.05, 3.63) is 108 Å². The fourth-order valence-corrected chi connectivity index (χ4v) is 4.24. The van der Waals surface area contributed by atoms with Crippen LogP contribution in [0.4, 0.5) is 4.39 Å². The van der Waals surface area contributed by atoms with Crippen molar-refractivity contribution in [2.75, 3.05) is 6.61 Å². The number of carbonyl (C=O) groups is 3. The summed E-state index contributed by atoms with van der Waals surface area (Å²) in [6.07, 6.45) is -4.97. The van der Waals surface area contributed by atoms with Crippen LogP contribution in [0.1, 0.15) is 35.2 Å². The molecule has 3 aromatic rings. The molecule has 4 N–H and O–H groups in total. The van der Waals surface area contributed by atoms with Crippen molar-refractivity contribution in [1.82, 2.24) is 0 Å². The van der Waals surface area contributed by atoms with Gasteiger partial charge in [-0.25, -0.2) is 0 Å². The molecule has 186 valence electrons. The molecule has 0 spiro atoms. The molecule has 8 nitrogen and oxygen atoms in total. The van der Waals surface area contributed by atoms with E-state index in [-0.39, 0.29) is 0 Å². The van der Waals surface area contributed by atoms with E-state index in [0.29, 0.717) is 0 Å². The smallest absolute Gasteiger partial charge is 0.313 e. The van der Waals surface area contributed by atoms with E-state index in [1.54, 1.807) is 0 Å². The molecule has 5 atom stereocenters. The summed E-state index contributed by atoms with van der Waals surface area (Å²) >= 11 is 0. The molecular formula is C27H23FO8. The van der Waals surface area contributed by atoms with Gasteiger partial charge in [0.15, 0.2) is 5.60 Å². The first-order valence-corrected chi connectivity index (χ1v) is 10.8. The van der Waals surface area contributed by atoms with Crippen LogP contribution in [-0.2, 0) is 4.74 Å². The largest absolute Gasteiger partial charge is 0.394 e. The minimum absolute atomic E-state index is 0.543. The molecule has 1 aliphatic heterocycles. The molecule has 1 saturated heterocycles. The average Bonchev–Trinajstić information content (AvgIpc) is 2.93.